The third kappa shape index (κ3) is 4.18. The van der Waals surface area contributed by atoms with Crippen molar-refractivity contribution in [2.45, 2.75) is 26.8 Å². The van der Waals surface area contributed by atoms with Crippen LogP contribution in [0.25, 0.3) is 10.9 Å². The van der Waals surface area contributed by atoms with Gasteiger partial charge < -0.3 is 10.4 Å². The molecule has 1 aromatic heterocycles. The van der Waals surface area contributed by atoms with Crippen LogP contribution in [0.5, 0.6) is 0 Å². The molecular weight excluding hydrogens is 300 g/mol. The van der Waals surface area contributed by atoms with Crippen molar-refractivity contribution < 1.29 is 9.90 Å². The third-order valence-corrected chi connectivity index (χ3v) is 3.94. The van der Waals surface area contributed by atoms with E-state index in [1.54, 1.807) is 6.20 Å². The van der Waals surface area contributed by atoms with E-state index in [2.05, 4.69) is 10.3 Å². The molecule has 2 aromatic rings. The highest BCUT2D eigenvalue weighted by molar-refractivity contribution is 6.35. The van der Waals surface area contributed by atoms with Crippen molar-refractivity contribution in [1.82, 2.24) is 10.3 Å². The number of halogens is 1. The van der Waals surface area contributed by atoms with Crippen LogP contribution in [-0.4, -0.2) is 22.6 Å². The van der Waals surface area contributed by atoms with Gasteiger partial charge >= 0.3 is 5.97 Å². The van der Waals surface area contributed by atoms with E-state index in [0.717, 1.165) is 16.5 Å². The maximum absolute atomic E-state index is 11.3. The number of carboxylic acids is 1. The van der Waals surface area contributed by atoms with Gasteiger partial charge in [0, 0.05) is 29.7 Å². The van der Waals surface area contributed by atoms with Gasteiger partial charge in [-0.2, -0.15) is 0 Å². The van der Waals surface area contributed by atoms with Crippen LogP contribution >= 0.6 is 11.6 Å². The summed E-state index contributed by atoms with van der Waals surface area (Å²) in [5, 5.41) is 14.1. The largest absolute Gasteiger partial charge is 0.481 e. The number of hydrogen-bond acceptors (Lipinski definition) is 3. The van der Waals surface area contributed by atoms with Gasteiger partial charge in [0.25, 0.3) is 0 Å². The van der Waals surface area contributed by atoms with Crippen molar-refractivity contribution >= 4 is 28.5 Å². The minimum absolute atomic E-state index is 0.362. The topological polar surface area (TPSA) is 62.2 Å². The number of benzene rings is 1. The first-order chi connectivity index (χ1) is 10.5. The lowest BCUT2D eigenvalue weighted by Crippen LogP contribution is -2.29. The molecule has 0 bridgehead atoms. The van der Waals surface area contributed by atoms with Crippen molar-refractivity contribution in [3.63, 3.8) is 0 Å². The average Bonchev–Trinajstić information content (AvgIpc) is 2.48. The van der Waals surface area contributed by atoms with E-state index in [-0.39, 0.29) is 5.92 Å². The fourth-order valence-electron chi connectivity index (χ4n) is 2.56. The van der Waals surface area contributed by atoms with Crippen LogP contribution in [0.1, 0.15) is 25.8 Å². The smallest absolute Gasteiger partial charge is 0.307 e. The predicted octanol–water partition coefficient (Wildman–Crippen LogP) is 3.72. The number of carboxylic acid groups (broad SMARTS) is 1. The van der Waals surface area contributed by atoms with E-state index in [9.17, 15) is 9.90 Å². The Morgan fingerprint density at radius 1 is 1.36 bits per heavy atom. The summed E-state index contributed by atoms with van der Waals surface area (Å²) < 4.78 is 0. The minimum Gasteiger partial charge on any atom is -0.481 e. The van der Waals surface area contributed by atoms with E-state index in [4.69, 9.17) is 11.6 Å². The molecular formula is C17H21ClN2O2. The van der Waals surface area contributed by atoms with Gasteiger partial charge in [0.15, 0.2) is 0 Å². The minimum atomic E-state index is -0.750. The molecule has 0 radical (unpaired) electrons. The van der Waals surface area contributed by atoms with E-state index >= 15 is 0 Å². The van der Waals surface area contributed by atoms with Crippen LogP contribution in [-0.2, 0) is 11.3 Å². The third-order valence-electron chi connectivity index (χ3n) is 3.61. The van der Waals surface area contributed by atoms with Gasteiger partial charge in [-0.3, -0.25) is 9.78 Å². The van der Waals surface area contributed by atoms with E-state index in [0.29, 0.717) is 30.5 Å². The number of hydrogen-bond donors (Lipinski definition) is 2. The summed E-state index contributed by atoms with van der Waals surface area (Å²) in [4.78, 5) is 15.6. The van der Waals surface area contributed by atoms with Crippen LogP contribution in [0.3, 0.4) is 0 Å². The molecule has 118 valence electrons. The summed E-state index contributed by atoms with van der Waals surface area (Å²) >= 11 is 6.17. The molecule has 0 aliphatic carbocycles. The molecule has 1 heterocycles. The number of nitrogens with zero attached hydrogens (tertiary/aromatic N) is 1. The summed E-state index contributed by atoms with van der Waals surface area (Å²) in [5.41, 5.74) is 1.88. The molecule has 0 saturated carbocycles. The molecule has 0 aliphatic heterocycles. The van der Waals surface area contributed by atoms with Crippen molar-refractivity contribution in [3.8, 4) is 0 Å². The molecule has 22 heavy (non-hydrogen) atoms. The highest BCUT2D eigenvalue weighted by Gasteiger charge is 2.18. The second-order valence-corrected chi connectivity index (χ2v) is 6.31. The van der Waals surface area contributed by atoms with Crippen LogP contribution in [0.15, 0.2) is 30.5 Å². The van der Waals surface area contributed by atoms with Gasteiger partial charge in [0.2, 0.25) is 0 Å². The first kappa shape index (κ1) is 16.7. The van der Waals surface area contributed by atoms with Crippen molar-refractivity contribution in [2.24, 2.45) is 11.8 Å². The van der Waals surface area contributed by atoms with E-state index in [1.807, 2.05) is 38.1 Å². The average molecular weight is 321 g/mol. The Kier molecular flexibility index (Phi) is 5.75. The first-order valence-electron chi connectivity index (χ1n) is 7.44. The van der Waals surface area contributed by atoms with E-state index < -0.39 is 5.97 Å². The second kappa shape index (κ2) is 7.56. The fourth-order valence-corrected chi connectivity index (χ4v) is 2.78. The Morgan fingerprint density at radius 2 is 2.14 bits per heavy atom. The molecule has 0 amide bonds. The zero-order valence-corrected chi connectivity index (χ0v) is 13.6. The lowest BCUT2D eigenvalue weighted by Gasteiger charge is -2.16. The number of carbonyl (C=O) groups is 1. The number of rotatable bonds is 7. The Labute approximate surface area is 135 Å². The number of aliphatic carboxylic acids is 1. The highest BCUT2D eigenvalue weighted by atomic mass is 35.5. The molecule has 4 nitrogen and oxygen atoms in total. The Morgan fingerprint density at radius 3 is 2.82 bits per heavy atom. The highest BCUT2D eigenvalue weighted by Crippen LogP contribution is 2.24. The summed E-state index contributed by atoms with van der Waals surface area (Å²) in [7, 11) is 0. The van der Waals surface area contributed by atoms with Crippen molar-refractivity contribution in [2.75, 3.05) is 6.54 Å². The van der Waals surface area contributed by atoms with Gasteiger partial charge in [-0.25, -0.2) is 0 Å². The lowest BCUT2D eigenvalue weighted by molar-refractivity contribution is -0.142. The van der Waals surface area contributed by atoms with Crippen LogP contribution in [0, 0.1) is 11.8 Å². The van der Waals surface area contributed by atoms with Gasteiger partial charge in [0.1, 0.15) is 0 Å². The SMILES string of the molecule is CC(C)CC(CNCc1ccc(Cl)c2cccnc12)C(=O)O. The molecule has 1 aromatic carbocycles. The van der Waals surface area contributed by atoms with Gasteiger partial charge in [-0.1, -0.05) is 31.5 Å². The zero-order valence-electron chi connectivity index (χ0n) is 12.8. The molecule has 5 heteroatoms. The molecule has 0 spiro atoms. The summed E-state index contributed by atoms with van der Waals surface area (Å²) in [6.45, 7) is 5.09. The zero-order chi connectivity index (χ0) is 16.1. The lowest BCUT2D eigenvalue weighted by atomic mass is 9.97. The molecule has 0 aliphatic rings. The molecule has 2 rings (SSSR count). The molecule has 1 atom stereocenters. The Bertz CT molecular complexity index is 658. The van der Waals surface area contributed by atoms with Crippen LogP contribution in [0.4, 0.5) is 0 Å². The standard InChI is InChI=1S/C17H21ClN2O2/c1-11(2)8-13(17(21)22)10-19-9-12-5-6-15(18)14-4-3-7-20-16(12)14/h3-7,11,13,19H,8-10H2,1-2H3,(H,21,22). The molecule has 0 saturated heterocycles. The first-order valence-corrected chi connectivity index (χ1v) is 7.82. The quantitative estimate of drug-likeness (QED) is 0.816. The summed E-state index contributed by atoms with van der Waals surface area (Å²) in [5.74, 6) is -0.757. The van der Waals surface area contributed by atoms with Gasteiger partial charge in [-0.15, -0.1) is 0 Å². The van der Waals surface area contributed by atoms with Gasteiger partial charge in [0.05, 0.1) is 11.4 Å². The van der Waals surface area contributed by atoms with Crippen molar-refractivity contribution in [1.29, 1.82) is 0 Å². The number of pyridine rings is 1. The summed E-state index contributed by atoms with van der Waals surface area (Å²) in [6.07, 6.45) is 2.41. The number of nitrogens with one attached hydrogen (secondary N) is 1. The Balaban J connectivity index is 2.06. The van der Waals surface area contributed by atoms with Gasteiger partial charge in [-0.05, 0) is 36.1 Å². The number of aromatic nitrogens is 1. The van der Waals surface area contributed by atoms with E-state index in [1.165, 1.54) is 0 Å². The number of fused-ring (bicyclic) bond motifs is 1. The van der Waals surface area contributed by atoms with Crippen LogP contribution < -0.4 is 5.32 Å². The normalized spacial score (nSPS) is 12.7. The predicted molar refractivity (Wildman–Crippen MR) is 89.0 cm³/mol. The fraction of sp³-hybridized carbons (Fsp3) is 0.412. The molecule has 1 unspecified atom stereocenters. The Hall–Kier alpha value is -1.65. The second-order valence-electron chi connectivity index (χ2n) is 5.90. The molecule has 0 fully saturated rings. The monoisotopic (exact) mass is 320 g/mol. The van der Waals surface area contributed by atoms with Crippen LogP contribution in [0.2, 0.25) is 5.02 Å². The summed E-state index contributed by atoms with van der Waals surface area (Å²) in [6, 6.07) is 7.58. The van der Waals surface area contributed by atoms with Crippen molar-refractivity contribution in [3.05, 3.63) is 41.0 Å². The maximum atomic E-state index is 11.3. The molecule has 2 N–H and O–H groups in total. The maximum Gasteiger partial charge on any atom is 0.307 e.